The zero-order valence-electron chi connectivity index (χ0n) is 21.7. The van der Waals surface area contributed by atoms with E-state index >= 15 is 0 Å². The number of methoxy groups -OCH3 is 3. The number of nitrogens with one attached hydrogen (secondary N) is 1. The fraction of sp³-hybridized carbons (Fsp3) is 0.259. The summed E-state index contributed by atoms with van der Waals surface area (Å²) in [5.74, 6) is 0.0659. The van der Waals surface area contributed by atoms with Crippen molar-refractivity contribution >= 4 is 50.4 Å². The Morgan fingerprint density at radius 2 is 1.79 bits per heavy atom. The summed E-state index contributed by atoms with van der Waals surface area (Å²) in [7, 11) is 4.45. The molecule has 2 aliphatic rings. The molecule has 1 atom stereocenters. The number of allylic oxidation sites excluding steroid dienone is 1. The Balaban J connectivity index is 1.85. The van der Waals surface area contributed by atoms with Crippen LogP contribution in [0.4, 0.5) is 5.69 Å². The molecular formula is C27H24BrN3O7S. The average Bonchev–Trinajstić information content (AvgIpc) is 3.41. The second-order valence-electron chi connectivity index (χ2n) is 8.60. The molecule has 0 saturated heterocycles. The Morgan fingerprint density at radius 3 is 2.41 bits per heavy atom. The molecule has 5 rings (SSSR count). The molecule has 0 spiro atoms. The van der Waals surface area contributed by atoms with Gasteiger partial charge in [-0.05, 0) is 49.7 Å². The third kappa shape index (κ3) is 4.33. The second-order valence-corrected chi connectivity index (χ2v) is 10.5. The van der Waals surface area contributed by atoms with Gasteiger partial charge in [0.1, 0.15) is 4.53 Å². The number of ether oxygens (including phenoxy) is 4. The average molecular weight is 614 g/mol. The molecule has 12 heteroatoms. The van der Waals surface area contributed by atoms with Crippen molar-refractivity contribution in [3.05, 3.63) is 76.9 Å². The van der Waals surface area contributed by atoms with Crippen molar-refractivity contribution in [2.45, 2.75) is 19.9 Å². The molecular weight excluding hydrogens is 590 g/mol. The van der Waals surface area contributed by atoms with Gasteiger partial charge in [0.05, 0.1) is 50.8 Å². The summed E-state index contributed by atoms with van der Waals surface area (Å²) in [6.45, 7) is 3.53. The topological polar surface area (TPSA) is 117 Å². The van der Waals surface area contributed by atoms with Gasteiger partial charge in [-0.1, -0.05) is 27.3 Å². The molecule has 1 aromatic heterocycles. The van der Waals surface area contributed by atoms with E-state index in [0.29, 0.717) is 44.6 Å². The quantitative estimate of drug-likeness (QED) is 0.425. The molecule has 0 radical (unpaired) electrons. The number of carbonyl (C=O) groups is 2. The van der Waals surface area contributed by atoms with Crippen molar-refractivity contribution in [1.29, 1.82) is 0 Å². The number of fused-ring (bicyclic) bond motifs is 2. The molecule has 3 aromatic rings. The molecule has 0 bridgehead atoms. The van der Waals surface area contributed by atoms with Crippen molar-refractivity contribution in [3.63, 3.8) is 0 Å². The zero-order valence-corrected chi connectivity index (χ0v) is 24.1. The maximum Gasteiger partial charge on any atom is 0.338 e. The second kappa shape index (κ2) is 10.3. The normalized spacial score (nSPS) is 17.2. The van der Waals surface area contributed by atoms with Crippen molar-refractivity contribution in [1.82, 2.24) is 4.57 Å². The van der Waals surface area contributed by atoms with Gasteiger partial charge >= 0.3 is 5.97 Å². The van der Waals surface area contributed by atoms with Gasteiger partial charge in [0, 0.05) is 15.7 Å². The monoisotopic (exact) mass is 613 g/mol. The number of hydrogen-bond acceptors (Lipinski definition) is 9. The van der Waals surface area contributed by atoms with E-state index in [4.69, 9.17) is 18.9 Å². The van der Waals surface area contributed by atoms with Crippen molar-refractivity contribution in [3.8, 4) is 17.2 Å². The third-order valence-electron chi connectivity index (χ3n) is 6.45. The van der Waals surface area contributed by atoms with Gasteiger partial charge in [0.15, 0.2) is 16.3 Å². The van der Waals surface area contributed by atoms with Crippen LogP contribution in [0, 0.1) is 0 Å². The number of halogens is 1. The fourth-order valence-corrected chi connectivity index (χ4v) is 6.28. The van der Waals surface area contributed by atoms with Crippen LogP contribution < -0.4 is 34.4 Å². The van der Waals surface area contributed by atoms with E-state index in [0.717, 1.165) is 15.8 Å². The lowest BCUT2D eigenvalue weighted by Gasteiger charge is -2.26. The minimum absolute atomic E-state index is 0.137. The molecule has 0 unspecified atom stereocenters. The maximum atomic E-state index is 14.1. The Hall–Kier alpha value is -3.90. The van der Waals surface area contributed by atoms with E-state index in [1.807, 2.05) is 6.07 Å². The number of nitrogens with zero attached hydrogens (tertiary/aromatic N) is 2. The number of carbonyl (C=O) groups excluding carboxylic acids is 2. The van der Waals surface area contributed by atoms with Gasteiger partial charge in [-0.25, -0.2) is 9.79 Å². The van der Waals surface area contributed by atoms with E-state index in [2.05, 4.69) is 26.2 Å². The molecule has 3 heterocycles. The van der Waals surface area contributed by atoms with Crippen LogP contribution in [0.25, 0.3) is 5.57 Å². The van der Waals surface area contributed by atoms with Crippen LogP contribution in [0.1, 0.15) is 31.0 Å². The molecule has 39 heavy (non-hydrogen) atoms. The minimum Gasteiger partial charge on any atom is -0.493 e. The first-order valence-electron chi connectivity index (χ1n) is 11.9. The summed E-state index contributed by atoms with van der Waals surface area (Å²) in [6, 6.07) is 7.78. The summed E-state index contributed by atoms with van der Waals surface area (Å²) in [6.07, 6.45) is 0. The Kier molecular flexibility index (Phi) is 7.08. The Morgan fingerprint density at radius 1 is 1.10 bits per heavy atom. The summed E-state index contributed by atoms with van der Waals surface area (Å²) in [5.41, 5.74) is 2.08. The van der Waals surface area contributed by atoms with Crippen LogP contribution in [-0.4, -0.2) is 44.4 Å². The molecule has 0 fully saturated rings. The first-order valence-corrected chi connectivity index (χ1v) is 13.5. The number of aromatic nitrogens is 1. The van der Waals surface area contributed by atoms with Gasteiger partial charge < -0.3 is 24.3 Å². The van der Waals surface area contributed by atoms with E-state index < -0.39 is 17.6 Å². The molecule has 10 nitrogen and oxygen atoms in total. The molecule has 1 amide bonds. The number of benzene rings is 2. The Bertz CT molecular complexity index is 1730. The number of hydrogen-bond donors (Lipinski definition) is 1. The maximum absolute atomic E-state index is 14.1. The number of rotatable bonds is 6. The van der Waals surface area contributed by atoms with E-state index in [9.17, 15) is 14.4 Å². The van der Waals surface area contributed by atoms with E-state index in [-0.39, 0.29) is 28.2 Å². The number of esters is 1. The summed E-state index contributed by atoms with van der Waals surface area (Å²) in [5, 5.41) is 2.82. The van der Waals surface area contributed by atoms with Crippen LogP contribution in [0.2, 0.25) is 0 Å². The fourth-order valence-electron chi connectivity index (χ4n) is 4.78. The van der Waals surface area contributed by atoms with Crippen LogP contribution in [0.5, 0.6) is 17.2 Å². The highest BCUT2D eigenvalue weighted by molar-refractivity contribution is 9.10. The summed E-state index contributed by atoms with van der Waals surface area (Å²) in [4.78, 5) is 45.4. The highest BCUT2D eigenvalue weighted by Crippen LogP contribution is 2.42. The van der Waals surface area contributed by atoms with Crippen molar-refractivity contribution < 1.29 is 28.5 Å². The number of amides is 1. The van der Waals surface area contributed by atoms with Crippen molar-refractivity contribution in [2.75, 3.05) is 33.3 Å². The van der Waals surface area contributed by atoms with Crippen LogP contribution >= 0.6 is 27.3 Å². The molecule has 202 valence electrons. The van der Waals surface area contributed by atoms with Crippen LogP contribution in [0.3, 0.4) is 0 Å². The molecule has 2 aromatic carbocycles. The lowest BCUT2D eigenvalue weighted by atomic mass is 9.95. The first kappa shape index (κ1) is 26.7. The van der Waals surface area contributed by atoms with Crippen LogP contribution in [-0.2, 0) is 14.3 Å². The highest BCUT2D eigenvalue weighted by atomic mass is 79.9. The van der Waals surface area contributed by atoms with Crippen molar-refractivity contribution in [2.24, 2.45) is 4.99 Å². The van der Waals surface area contributed by atoms with Gasteiger partial charge in [0.2, 0.25) is 5.75 Å². The number of thiazole rings is 1. The van der Waals surface area contributed by atoms with E-state index in [1.165, 1.54) is 25.9 Å². The van der Waals surface area contributed by atoms with Gasteiger partial charge in [-0.3, -0.25) is 14.2 Å². The molecule has 1 N–H and O–H groups in total. The molecule has 0 saturated carbocycles. The van der Waals surface area contributed by atoms with Gasteiger partial charge in [-0.15, -0.1) is 0 Å². The predicted octanol–water partition coefficient (Wildman–Crippen LogP) is 2.91. The minimum atomic E-state index is -0.935. The summed E-state index contributed by atoms with van der Waals surface area (Å²) >= 11 is 4.53. The smallest absolute Gasteiger partial charge is 0.338 e. The predicted molar refractivity (Wildman–Crippen MR) is 148 cm³/mol. The van der Waals surface area contributed by atoms with Gasteiger partial charge in [0.25, 0.3) is 11.5 Å². The van der Waals surface area contributed by atoms with E-state index in [1.54, 1.807) is 38.1 Å². The zero-order chi connectivity index (χ0) is 28.0. The van der Waals surface area contributed by atoms with Gasteiger partial charge in [-0.2, -0.15) is 0 Å². The van der Waals surface area contributed by atoms with Crippen LogP contribution in [0.15, 0.2) is 55.9 Å². The highest BCUT2D eigenvalue weighted by Gasteiger charge is 2.36. The standard InChI is InChI=1S/C27H24BrN3O7S/c1-6-38-26(34)19-12(2)29-27-31(21(19)13-9-17(35-3)22(37-5)18(10-13)36-4)25(33)23(39-27)20-15-11-14(28)7-8-16(15)30-24(20)32/h7-11,21H,6H2,1-5H3,(H,30,32)/b23-20-/t21-/m1/s1. The molecule has 2 aliphatic heterocycles. The lowest BCUT2D eigenvalue weighted by Crippen LogP contribution is -2.40. The lowest BCUT2D eigenvalue weighted by molar-refractivity contribution is -0.139. The number of anilines is 1. The third-order valence-corrected chi connectivity index (χ3v) is 8.00. The largest absolute Gasteiger partial charge is 0.493 e. The summed E-state index contributed by atoms with van der Waals surface area (Å²) < 4.78 is 24.3. The Labute approximate surface area is 235 Å². The SMILES string of the molecule is CCOC(=O)C1=C(C)N=c2s/c(=C3\C(=O)Nc4ccc(Br)cc43)c(=O)n2[C@@H]1c1cc(OC)c(OC)c(OC)c1. The first-order chi connectivity index (χ1) is 18.7. The molecule has 0 aliphatic carbocycles.